The third kappa shape index (κ3) is 4.74. The van der Waals surface area contributed by atoms with Crippen LogP contribution < -0.4 is 0 Å². The van der Waals surface area contributed by atoms with Crippen LogP contribution in [0.4, 0.5) is 4.39 Å². The van der Waals surface area contributed by atoms with Crippen LogP contribution in [0.25, 0.3) is 28.5 Å². The molecule has 0 unspecified atom stereocenters. The van der Waals surface area contributed by atoms with Gasteiger partial charge in [-0.2, -0.15) is 4.98 Å². The van der Waals surface area contributed by atoms with Crippen LogP contribution >= 0.6 is 11.8 Å². The molecule has 0 radical (unpaired) electrons. The van der Waals surface area contributed by atoms with E-state index in [4.69, 9.17) is 4.52 Å². The van der Waals surface area contributed by atoms with Crippen LogP contribution in [0.5, 0.6) is 0 Å². The van der Waals surface area contributed by atoms with Crippen LogP contribution in [0.3, 0.4) is 0 Å². The van der Waals surface area contributed by atoms with Crippen LogP contribution in [0.2, 0.25) is 0 Å². The fourth-order valence-corrected chi connectivity index (χ4v) is 4.36. The third-order valence-corrected chi connectivity index (χ3v) is 6.23. The molecule has 0 saturated carbocycles. The predicted molar refractivity (Wildman–Crippen MR) is 128 cm³/mol. The predicted octanol–water partition coefficient (Wildman–Crippen LogP) is 5.55. The number of aryl methyl sites for hydroxylation is 2. The second-order valence-corrected chi connectivity index (χ2v) is 8.72. The van der Waals surface area contributed by atoms with Crippen LogP contribution in [0.15, 0.2) is 82.7 Å². The summed E-state index contributed by atoms with van der Waals surface area (Å²) in [6, 6.07) is 18.3. The zero-order valence-electron chi connectivity index (χ0n) is 18.4. The lowest BCUT2D eigenvalue weighted by Crippen LogP contribution is -2.01. The zero-order valence-corrected chi connectivity index (χ0v) is 19.2. The largest absolute Gasteiger partial charge is 0.339 e. The van der Waals surface area contributed by atoms with Crippen molar-refractivity contribution in [2.75, 3.05) is 5.75 Å². The summed E-state index contributed by atoms with van der Waals surface area (Å²) in [5, 5.41) is 13.4. The lowest BCUT2D eigenvalue weighted by Gasteiger charge is -2.11. The number of thioether (sulfide) groups is 1. The van der Waals surface area contributed by atoms with Crippen LogP contribution in [0.1, 0.15) is 17.9 Å². The summed E-state index contributed by atoms with van der Waals surface area (Å²) in [4.78, 5) is 8.47. The van der Waals surface area contributed by atoms with Crippen LogP contribution in [-0.2, 0) is 6.42 Å². The molecule has 0 fully saturated rings. The maximum absolute atomic E-state index is 14.5. The summed E-state index contributed by atoms with van der Waals surface area (Å²) in [5.41, 5.74) is 3.31. The highest BCUT2D eigenvalue weighted by molar-refractivity contribution is 7.99. The van der Waals surface area contributed by atoms with E-state index in [-0.39, 0.29) is 5.82 Å². The standard InChI is InChI=1S/C25H21FN6OS/c1-17-8-10-19(11-9-17)32-24(20-5-2-3-6-21(20)26)29-30-25(32)34-16-4-7-22-28-23(31-33-22)18-12-14-27-15-13-18/h2-3,5-6,8-15H,4,7,16H2,1H3. The van der Waals surface area contributed by atoms with E-state index < -0.39 is 0 Å². The Morgan fingerprint density at radius 2 is 1.76 bits per heavy atom. The number of hydrogen-bond donors (Lipinski definition) is 0. The first-order valence-electron chi connectivity index (χ1n) is 10.8. The Kier molecular flexibility index (Phi) is 6.44. The normalized spacial score (nSPS) is 11.1. The first-order valence-corrected chi connectivity index (χ1v) is 11.8. The third-order valence-electron chi connectivity index (χ3n) is 5.21. The first kappa shape index (κ1) is 22.0. The molecule has 0 saturated heterocycles. The van der Waals surface area contributed by atoms with Crippen molar-refractivity contribution < 1.29 is 8.91 Å². The number of halogens is 1. The molecule has 9 heteroatoms. The SMILES string of the molecule is Cc1ccc(-n2c(SCCCc3nc(-c4ccncc4)no3)nnc2-c2ccccc2F)cc1. The highest BCUT2D eigenvalue weighted by Gasteiger charge is 2.18. The van der Waals surface area contributed by atoms with E-state index in [2.05, 4.69) is 25.3 Å². The van der Waals surface area contributed by atoms with Gasteiger partial charge in [0.05, 0.1) is 5.56 Å². The highest BCUT2D eigenvalue weighted by atomic mass is 32.2. The summed E-state index contributed by atoms with van der Waals surface area (Å²) in [5.74, 6) is 2.04. The molecular weight excluding hydrogens is 451 g/mol. The Labute approximate surface area is 200 Å². The molecule has 0 bridgehead atoms. The van der Waals surface area contributed by atoms with Gasteiger partial charge in [0.25, 0.3) is 0 Å². The van der Waals surface area contributed by atoms with Crippen molar-refractivity contribution in [3.8, 4) is 28.5 Å². The number of pyridine rings is 1. The van der Waals surface area contributed by atoms with E-state index in [9.17, 15) is 4.39 Å². The van der Waals surface area contributed by atoms with Gasteiger partial charge in [-0.15, -0.1) is 10.2 Å². The molecule has 5 aromatic rings. The van der Waals surface area contributed by atoms with Crippen molar-refractivity contribution >= 4 is 11.8 Å². The average Bonchev–Trinajstić information content (AvgIpc) is 3.51. The molecule has 0 aliphatic rings. The monoisotopic (exact) mass is 472 g/mol. The molecule has 3 heterocycles. The molecule has 170 valence electrons. The molecule has 34 heavy (non-hydrogen) atoms. The smallest absolute Gasteiger partial charge is 0.226 e. The number of rotatable bonds is 8. The second kappa shape index (κ2) is 9.96. The Morgan fingerprint density at radius 3 is 2.56 bits per heavy atom. The Balaban J connectivity index is 1.32. The molecular formula is C25H21FN6OS. The van der Waals surface area contributed by atoms with Gasteiger partial charge in [0.2, 0.25) is 11.7 Å². The van der Waals surface area contributed by atoms with E-state index >= 15 is 0 Å². The maximum Gasteiger partial charge on any atom is 0.226 e. The minimum Gasteiger partial charge on any atom is -0.339 e. The Bertz CT molecular complexity index is 1380. The summed E-state index contributed by atoms with van der Waals surface area (Å²) in [6.07, 6.45) is 4.84. The molecule has 7 nitrogen and oxygen atoms in total. The molecule has 3 aromatic heterocycles. The van der Waals surface area contributed by atoms with Gasteiger partial charge in [-0.25, -0.2) is 4.39 Å². The van der Waals surface area contributed by atoms with Crippen LogP contribution in [-0.4, -0.2) is 35.6 Å². The van der Waals surface area contributed by atoms with Crippen molar-refractivity contribution in [3.05, 3.63) is 90.3 Å². The summed E-state index contributed by atoms with van der Waals surface area (Å²) >= 11 is 1.56. The molecule has 0 amide bonds. The molecule has 0 N–H and O–H groups in total. The number of benzene rings is 2. The quantitative estimate of drug-likeness (QED) is 0.216. The molecule has 5 rings (SSSR count). The molecule has 0 spiro atoms. The van der Waals surface area contributed by atoms with Crippen molar-refractivity contribution in [3.63, 3.8) is 0 Å². The number of aromatic nitrogens is 6. The molecule has 2 aromatic carbocycles. The van der Waals surface area contributed by atoms with Gasteiger partial charge in [-0.3, -0.25) is 9.55 Å². The van der Waals surface area contributed by atoms with E-state index in [1.54, 1.807) is 42.4 Å². The Hall–Kier alpha value is -3.85. The lowest BCUT2D eigenvalue weighted by atomic mass is 10.2. The maximum atomic E-state index is 14.5. The number of nitrogens with zero attached hydrogens (tertiary/aromatic N) is 6. The topological polar surface area (TPSA) is 82.5 Å². The van der Waals surface area contributed by atoms with Gasteiger partial charge in [0, 0.05) is 35.8 Å². The van der Waals surface area contributed by atoms with E-state index in [1.807, 2.05) is 47.9 Å². The van der Waals surface area contributed by atoms with Gasteiger partial charge >= 0.3 is 0 Å². The summed E-state index contributed by atoms with van der Waals surface area (Å²) in [6.45, 7) is 2.03. The van der Waals surface area contributed by atoms with Gasteiger partial charge in [0.1, 0.15) is 5.82 Å². The first-order chi connectivity index (χ1) is 16.7. The van der Waals surface area contributed by atoms with Crippen LogP contribution in [0, 0.1) is 12.7 Å². The van der Waals surface area contributed by atoms with E-state index in [1.165, 1.54) is 6.07 Å². The van der Waals surface area contributed by atoms with Crippen molar-refractivity contribution in [2.24, 2.45) is 0 Å². The Morgan fingerprint density at radius 1 is 0.971 bits per heavy atom. The molecule has 0 aliphatic heterocycles. The fraction of sp³-hybridized carbons (Fsp3) is 0.160. The minimum absolute atomic E-state index is 0.332. The highest BCUT2D eigenvalue weighted by Crippen LogP contribution is 2.30. The molecule has 0 aliphatic carbocycles. The van der Waals surface area contributed by atoms with Gasteiger partial charge in [0.15, 0.2) is 11.0 Å². The van der Waals surface area contributed by atoms with Gasteiger partial charge in [-0.05, 0) is 49.7 Å². The van der Waals surface area contributed by atoms with E-state index in [0.29, 0.717) is 34.7 Å². The van der Waals surface area contributed by atoms with Crippen molar-refractivity contribution in [1.29, 1.82) is 0 Å². The van der Waals surface area contributed by atoms with Gasteiger partial charge < -0.3 is 4.52 Å². The summed E-state index contributed by atoms with van der Waals surface area (Å²) < 4.78 is 21.8. The average molecular weight is 473 g/mol. The van der Waals surface area contributed by atoms with Crippen molar-refractivity contribution in [1.82, 2.24) is 29.9 Å². The minimum atomic E-state index is -0.332. The second-order valence-electron chi connectivity index (χ2n) is 7.66. The fourth-order valence-electron chi connectivity index (χ4n) is 3.47. The van der Waals surface area contributed by atoms with Gasteiger partial charge in [-0.1, -0.05) is 46.7 Å². The molecule has 0 atom stereocenters. The lowest BCUT2D eigenvalue weighted by molar-refractivity contribution is 0.378. The zero-order chi connectivity index (χ0) is 23.3. The summed E-state index contributed by atoms with van der Waals surface area (Å²) in [7, 11) is 0. The van der Waals surface area contributed by atoms with Crippen molar-refractivity contribution in [2.45, 2.75) is 24.9 Å². The number of hydrogen-bond acceptors (Lipinski definition) is 7. The van der Waals surface area contributed by atoms with E-state index in [0.717, 1.165) is 29.0 Å².